The second kappa shape index (κ2) is 10.7. The molecule has 0 bridgehead atoms. The Morgan fingerprint density at radius 2 is 1.80 bits per heavy atom. The number of benzene rings is 2. The molecule has 0 aliphatic carbocycles. The van der Waals surface area contributed by atoms with Crippen molar-refractivity contribution >= 4 is 29.8 Å². The van der Waals surface area contributed by atoms with Crippen LogP contribution in [0.15, 0.2) is 48.5 Å². The van der Waals surface area contributed by atoms with E-state index in [4.69, 9.17) is 4.74 Å². The minimum atomic E-state index is -0.294. The first-order valence-electron chi connectivity index (χ1n) is 8.46. The van der Waals surface area contributed by atoms with Crippen LogP contribution in [0.5, 0.6) is 0 Å². The summed E-state index contributed by atoms with van der Waals surface area (Å²) >= 11 is 0. The number of aryl methyl sites for hydroxylation is 1. The summed E-state index contributed by atoms with van der Waals surface area (Å²) in [5, 5.41) is 3.30. The first kappa shape index (κ1) is 21.0. The maximum absolute atomic E-state index is 12.4. The van der Waals surface area contributed by atoms with Crippen LogP contribution in [0.4, 0.5) is 11.4 Å². The van der Waals surface area contributed by atoms with Crippen LogP contribution in [0.2, 0.25) is 0 Å². The van der Waals surface area contributed by atoms with Crippen molar-refractivity contribution in [1.82, 2.24) is 4.90 Å². The minimum Gasteiger partial charge on any atom is -0.461 e. The van der Waals surface area contributed by atoms with Crippen molar-refractivity contribution in [1.29, 1.82) is 0 Å². The average Bonchev–Trinajstić information content (AvgIpc) is 2.59. The number of likely N-dealkylation sites (N-methyl/N-ethyl adjacent to an activating group) is 1. The Morgan fingerprint density at radius 1 is 1.08 bits per heavy atom. The zero-order valence-corrected chi connectivity index (χ0v) is 15.9. The molecule has 1 N–H and O–H groups in total. The first-order valence-corrected chi connectivity index (χ1v) is 8.46. The highest BCUT2D eigenvalue weighted by Crippen LogP contribution is 2.22. The van der Waals surface area contributed by atoms with E-state index in [1.807, 2.05) is 49.4 Å². The number of hydrogen-bond acceptors (Lipinski definition) is 4. The lowest BCUT2D eigenvalue weighted by Gasteiger charge is -2.18. The molecule has 4 nitrogen and oxygen atoms in total. The standard InChI is InChI=1S/C20H26N2O2.ClH/c1-4-22(5-2)13-14-24-20(23)18-11-6-7-12-19(18)21-17-10-8-9-16(3)15-17;/h6-12,15,21H,4-5,13-14H2,1-3H3;1H. The number of para-hydroxylation sites is 1. The molecule has 2 aromatic carbocycles. The molecule has 0 saturated carbocycles. The van der Waals surface area contributed by atoms with E-state index in [2.05, 4.69) is 24.1 Å². The van der Waals surface area contributed by atoms with E-state index >= 15 is 0 Å². The number of nitrogens with zero attached hydrogens (tertiary/aromatic N) is 1. The Hall–Kier alpha value is -2.04. The monoisotopic (exact) mass is 362 g/mol. The average molecular weight is 363 g/mol. The van der Waals surface area contributed by atoms with Crippen molar-refractivity contribution in [2.45, 2.75) is 20.8 Å². The molecule has 0 aliphatic rings. The summed E-state index contributed by atoms with van der Waals surface area (Å²) in [6, 6.07) is 15.5. The van der Waals surface area contributed by atoms with Crippen LogP contribution in [-0.4, -0.2) is 37.1 Å². The third-order valence-corrected chi connectivity index (χ3v) is 3.98. The predicted molar refractivity (Wildman–Crippen MR) is 106 cm³/mol. The lowest BCUT2D eigenvalue weighted by molar-refractivity contribution is 0.0467. The Labute approximate surface area is 156 Å². The van der Waals surface area contributed by atoms with Gasteiger partial charge in [-0.2, -0.15) is 0 Å². The SMILES string of the molecule is CCN(CC)CCOC(=O)c1ccccc1Nc1cccc(C)c1.Cl. The van der Waals surface area contributed by atoms with Crippen LogP contribution in [0.1, 0.15) is 29.8 Å². The Bertz CT molecular complexity index is 672. The second-order valence-corrected chi connectivity index (χ2v) is 5.70. The molecule has 0 unspecified atom stereocenters. The third kappa shape index (κ3) is 6.40. The van der Waals surface area contributed by atoms with Gasteiger partial charge in [0.1, 0.15) is 6.61 Å². The topological polar surface area (TPSA) is 41.6 Å². The zero-order chi connectivity index (χ0) is 17.4. The van der Waals surface area contributed by atoms with E-state index < -0.39 is 0 Å². The summed E-state index contributed by atoms with van der Waals surface area (Å²) < 4.78 is 5.44. The number of carbonyl (C=O) groups is 1. The van der Waals surface area contributed by atoms with Gasteiger partial charge < -0.3 is 15.0 Å². The van der Waals surface area contributed by atoms with E-state index in [1.165, 1.54) is 5.56 Å². The molecule has 0 heterocycles. The molecule has 0 saturated heterocycles. The minimum absolute atomic E-state index is 0. The number of esters is 1. The van der Waals surface area contributed by atoms with Crippen molar-refractivity contribution in [2.24, 2.45) is 0 Å². The summed E-state index contributed by atoms with van der Waals surface area (Å²) in [4.78, 5) is 14.6. The molecule has 5 heteroatoms. The lowest BCUT2D eigenvalue weighted by Crippen LogP contribution is -2.28. The molecule has 0 amide bonds. The summed E-state index contributed by atoms with van der Waals surface area (Å²) in [6.07, 6.45) is 0. The summed E-state index contributed by atoms with van der Waals surface area (Å²) in [5.41, 5.74) is 3.44. The van der Waals surface area contributed by atoms with E-state index in [9.17, 15) is 4.79 Å². The van der Waals surface area contributed by atoms with Gasteiger partial charge in [0.15, 0.2) is 0 Å². The molecule has 0 atom stereocenters. The van der Waals surface area contributed by atoms with Crippen molar-refractivity contribution in [2.75, 3.05) is 31.6 Å². The number of hydrogen-bond donors (Lipinski definition) is 1. The van der Waals surface area contributed by atoms with Crippen LogP contribution in [0.3, 0.4) is 0 Å². The summed E-state index contributed by atoms with van der Waals surface area (Å²) in [7, 11) is 0. The fourth-order valence-electron chi connectivity index (χ4n) is 2.53. The highest BCUT2D eigenvalue weighted by atomic mass is 35.5. The number of anilines is 2. The highest BCUT2D eigenvalue weighted by Gasteiger charge is 2.13. The Kier molecular flexibility index (Phi) is 9.03. The van der Waals surface area contributed by atoms with Crippen molar-refractivity contribution < 1.29 is 9.53 Å². The van der Waals surface area contributed by atoms with E-state index in [0.29, 0.717) is 12.2 Å². The lowest BCUT2D eigenvalue weighted by atomic mass is 10.1. The zero-order valence-electron chi connectivity index (χ0n) is 15.1. The third-order valence-electron chi connectivity index (χ3n) is 3.98. The van der Waals surface area contributed by atoms with E-state index in [1.54, 1.807) is 6.07 Å². The van der Waals surface area contributed by atoms with Crippen LogP contribution >= 0.6 is 12.4 Å². The number of carbonyl (C=O) groups excluding carboxylic acids is 1. The van der Waals surface area contributed by atoms with Gasteiger partial charge >= 0.3 is 5.97 Å². The van der Waals surface area contributed by atoms with Gasteiger partial charge in [0.25, 0.3) is 0 Å². The van der Waals surface area contributed by atoms with Crippen LogP contribution in [0.25, 0.3) is 0 Å². The number of halogens is 1. The van der Waals surface area contributed by atoms with Gasteiger partial charge in [-0.3, -0.25) is 0 Å². The molecule has 2 rings (SSSR count). The Morgan fingerprint density at radius 3 is 2.48 bits per heavy atom. The maximum atomic E-state index is 12.4. The summed E-state index contributed by atoms with van der Waals surface area (Å²) in [5.74, 6) is -0.294. The number of nitrogens with one attached hydrogen (secondary N) is 1. The van der Waals surface area contributed by atoms with Gasteiger partial charge in [0.05, 0.1) is 11.3 Å². The van der Waals surface area contributed by atoms with Crippen LogP contribution in [-0.2, 0) is 4.74 Å². The molecule has 0 aromatic heterocycles. The fourth-order valence-corrected chi connectivity index (χ4v) is 2.53. The molecule has 0 spiro atoms. The molecule has 2 aromatic rings. The van der Waals surface area contributed by atoms with Gasteiger partial charge in [0.2, 0.25) is 0 Å². The van der Waals surface area contributed by atoms with Gasteiger partial charge in [0, 0.05) is 12.2 Å². The van der Waals surface area contributed by atoms with E-state index in [0.717, 1.165) is 31.0 Å². The van der Waals surface area contributed by atoms with Crippen molar-refractivity contribution in [3.63, 3.8) is 0 Å². The van der Waals surface area contributed by atoms with Crippen molar-refractivity contribution in [3.8, 4) is 0 Å². The van der Waals surface area contributed by atoms with Gasteiger partial charge in [-0.25, -0.2) is 4.79 Å². The van der Waals surface area contributed by atoms with Gasteiger partial charge in [-0.15, -0.1) is 12.4 Å². The molecular formula is C20H27ClN2O2. The first-order chi connectivity index (χ1) is 11.6. The summed E-state index contributed by atoms with van der Waals surface area (Å²) in [6.45, 7) is 9.32. The van der Waals surface area contributed by atoms with E-state index in [-0.39, 0.29) is 18.4 Å². The van der Waals surface area contributed by atoms with Gasteiger partial charge in [-0.1, -0.05) is 38.1 Å². The van der Waals surface area contributed by atoms with Gasteiger partial charge in [-0.05, 0) is 49.8 Å². The van der Waals surface area contributed by atoms with Crippen LogP contribution < -0.4 is 5.32 Å². The smallest absolute Gasteiger partial charge is 0.340 e. The molecular weight excluding hydrogens is 336 g/mol. The maximum Gasteiger partial charge on any atom is 0.340 e. The van der Waals surface area contributed by atoms with Crippen molar-refractivity contribution in [3.05, 3.63) is 59.7 Å². The normalized spacial score (nSPS) is 10.2. The molecule has 136 valence electrons. The molecule has 0 radical (unpaired) electrons. The number of rotatable bonds is 8. The van der Waals surface area contributed by atoms with Crippen LogP contribution in [0, 0.1) is 6.92 Å². The largest absolute Gasteiger partial charge is 0.461 e. The second-order valence-electron chi connectivity index (χ2n) is 5.70. The highest BCUT2D eigenvalue weighted by molar-refractivity contribution is 5.96. The molecule has 0 fully saturated rings. The fraction of sp³-hybridized carbons (Fsp3) is 0.350. The quantitative estimate of drug-likeness (QED) is 0.693. The Balaban J connectivity index is 0.00000312. The molecule has 25 heavy (non-hydrogen) atoms. The molecule has 0 aliphatic heterocycles. The number of ether oxygens (including phenoxy) is 1. The predicted octanol–water partition coefficient (Wildman–Crippen LogP) is 4.66.